The van der Waals surface area contributed by atoms with Crippen molar-refractivity contribution in [3.05, 3.63) is 28.8 Å². The van der Waals surface area contributed by atoms with Crippen molar-refractivity contribution in [2.45, 2.75) is 52.4 Å². The zero-order valence-corrected chi connectivity index (χ0v) is 13.7. The predicted molar refractivity (Wildman–Crippen MR) is 88.9 cm³/mol. The number of rotatable bonds is 2. The van der Waals surface area contributed by atoms with Crippen molar-refractivity contribution in [1.82, 2.24) is 0 Å². The minimum absolute atomic E-state index is 0.0353. The van der Waals surface area contributed by atoms with Crippen LogP contribution in [0.25, 0.3) is 0 Å². The first kappa shape index (κ1) is 17.0. The van der Waals surface area contributed by atoms with Crippen LogP contribution in [0.2, 0.25) is 0 Å². The van der Waals surface area contributed by atoms with Crippen LogP contribution in [-0.2, 0) is 10.8 Å². The zero-order chi connectivity index (χ0) is 16.4. The molecule has 0 fully saturated rings. The number of hydrogen-bond acceptors (Lipinski definition) is 3. The highest BCUT2D eigenvalue weighted by molar-refractivity contribution is 5.85. The molecule has 0 heterocycles. The fourth-order valence-corrected chi connectivity index (χ4v) is 1.92. The van der Waals surface area contributed by atoms with Crippen LogP contribution >= 0.6 is 0 Å². The van der Waals surface area contributed by atoms with E-state index in [-0.39, 0.29) is 22.5 Å². The third kappa shape index (κ3) is 4.48. The van der Waals surface area contributed by atoms with Crippen molar-refractivity contribution < 1.29 is 5.11 Å². The van der Waals surface area contributed by atoms with Gasteiger partial charge in [0.25, 0.3) is 0 Å². The van der Waals surface area contributed by atoms with E-state index >= 15 is 0 Å². The van der Waals surface area contributed by atoms with Gasteiger partial charge in [-0.2, -0.15) is 5.10 Å². The van der Waals surface area contributed by atoms with Gasteiger partial charge in [-0.15, -0.1) is 5.10 Å². The van der Waals surface area contributed by atoms with Crippen molar-refractivity contribution in [2.75, 3.05) is 0 Å². The third-order valence-corrected chi connectivity index (χ3v) is 3.18. The fourth-order valence-electron chi connectivity index (χ4n) is 1.92. The van der Waals surface area contributed by atoms with Crippen LogP contribution in [0.4, 0.5) is 0 Å². The lowest BCUT2D eigenvalue weighted by Gasteiger charge is -2.26. The summed E-state index contributed by atoms with van der Waals surface area (Å²) in [5, 5.41) is 17.9. The Labute approximate surface area is 126 Å². The Bertz CT molecular complexity index is 571. The van der Waals surface area contributed by atoms with Crippen molar-refractivity contribution in [3.8, 4) is 5.75 Å². The van der Waals surface area contributed by atoms with Gasteiger partial charge >= 0.3 is 0 Å². The summed E-state index contributed by atoms with van der Waals surface area (Å²) in [7, 11) is 0. The minimum atomic E-state index is -0.176. The molecule has 1 aromatic rings. The van der Waals surface area contributed by atoms with Crippen LogP contribution in [0.5, 0.6) is 5.75 Å². The molecule has 0 amide bonds. The first-order valence-electron chi connectivity index (χ1n) is 6.93. The Morgan fingerprint density at radius 2 is 1.62 bits per heavy atom. The Hall–Kier alpha value is -2.04. The SMILES string of the molecule is CC(C)(C)c1cc(/C=N/N=C(N)N)c(O)c(C(C)(C)C)c1. The molecular formula is C16H26N4O. The molecule has 0 aliphatic carbocycles. The molecule has 0 aliphatic heterocycles. The van der Waals surface area contributed by atoms with Crippen molar-refractivity contribution in [1.29, 1.82) is 0 Å². The van der Waals surface area contributed by atoms with Gasteiger partial charge in [0.2, 0.25) is 5.96 Å². The summed E-state index contributed by atoms with van der Waals surface area (Å²) in [5.74, 6) is 0.0961. The highest BCUT2D eigenvalue weighted by atomic mass is 16.3. The third-order valence-electron chi connectivity index (χ3n) is 3.18. The fraction of sp³-hybridized carbons (Fsp3) is 0.500. The monoisotopic (exact) mass is 290 g/mol. The molecule has 21 heavy (non-hydrogen) atoms. The van der Waals surface area contributed by atoms with E-state index in [0.717, 1.165) is 11.1 Å². The molecule has 0 atom stereocenters. The molecular weight excluding hydrogens is 264 g/mol. The zero-order valence-electron chi connectivity index (χ0n) is 13.7. The summed E-state index contributed by atoms with van der Waals surface area (Å²) in [6.45, 7) is 12.6. The minimum Gasteiger partial charge on any atom is -0.507 e. The lowest BCUT2D eigenvalue weighted by molar-refractivity contribution is 0.444. The summed E-state index contributed by atoms with van der Waals surface area (Å²) < 4.78 is 0. The molecule has 5 nitrogen and oxygen atoms in total. The molecule has 0 saturated heterocycles. The highest BCUT2D eigenvalue weighted by Crippen LogP contribution is 2.37. The summed E-state index contributed by atoms with van der Waals surface area (Å²) in [5.41, 5.74) is 12.9. The van der Waals surface area contributed by atoms with Crippen LogP contribution in [0, 0.1) is 0 Å². The van der Waals surface area contributed by atoms with Crippen molar-refractivity contribution >= 4 is 12.2 Å². The van der Waals surface area contributed by atoms with E-state index in [1.54, 1.807) is 0 Å². The Morgan fingerprint density at radius 3 is 2.05 bits per heavy atom. The number of phenols is 1. The number of hydrogen-bond donors (Lipinski definition) is 3. The van der Waals surface area contributed by atoms with Crippen molar-refractivity contribution in [2.24, 2.45) is 21.7 Å². The van der Waals surface area contributed by atoms with Gasteiger partial charge in [0, 0.05) is 11.1 Å². The number of aromatic hydroxyl groups is 1. The summed E-state index contributed by atoms with van der Waals surface area (Å²) in [6.07, 6.45) is 1.47. The van der Waals surface area contributed by atoms with E-state index in [4.69, 9.17) is 11.5 Å². The molecule has 0 unspecified atom stereocenters. The van der Waals surface area contributed by atoms with E-state index in [9.17, 15) is 5.11 Å². The largest absolute Gasteiger partial charge is 0.507 e. The van der Waals surface area contributed by atoms with Crippen LogP contribution < -0.4 is 11.5 Å². The number of benzene rings is 1. The topological polar surface area (TPSA) is 97.0 Å². The number of nitrogens with zero attached hydrogens (tertiary/aromatic N) is 2. The molecule has 0 spiro atoms. The number of phenolic OH excluding ortho intramolecular Hbond substituents is 1. The number of nitrogens with two attached hydrogens (primary N) is 2. The van der Waals surface area contributed by atoms with Gasteiger partial charge in [0.05, 0.1) is 6.21 Å². The standard InChI is InChI=1S/C16H26N4O/c1-15(2,3)11-7-10(9-19-20-14(17)18)13(21)12(8-11)16(4,5)6/h7-9,21H,1-6H3,(H4,17,18,20)/b19-9+. The first-order valence-corrected chi connectivity index (χ1v) is 6.93. The first-order chi connectivity index (χ1) is 9.43. The number of guanidine groups is 1. The van der Waals surface area contributed by atoms with Crippen LogP contribution in [-0.4, -0.2) is 17.3 Å². The van der Waals surface area contributed by atoms with Gasteiger partial charge in [-0.05, 0) is 22.5 Å². The normalized spacial score (nSPS) is 12.7. The van der Waals surface area contributed by atoms with Gasteiger partial charge in [0.15, 0.2) is 0 Å². The second-order valence-corrected chi connectivity index (χ2v) is 7.23. The van der Waals surface area contributed by atoms with Crippen LogP contribution in [0.1, 0.15) is 58.2 Å². The predicted octanol–water partition coefficient (Wildman–Crippen LogP) is 2.59. The average molecular weight is 290 g/mol. The molecule has 0 saturated carbocycles. The van der Waals surface area contributed by atoms with E-state index in [2.05, 4.69) is 51.7 Å². The van der Waals surface area contributed by atoms with Crippen LogP contribution in [0.15, 0.2) is 22.3 Å². The molecule has 0 radical (unpaired) electrons. The maximum absolute atomic E-state index is 10.5. The molecule has 0 aliphatic rings. The van der Waals surface area contributed by atoms with Crippen molar-refractivity contribution in [3.63, 3.8) is 0 Å². The van der Waals surface area contributed by atoms with E-state index in [0.29, 0.717) is 5.56 Å². The summed E-state index contributed by atoms with van der Waals surface area (Å²) in [6, 6.07) is 3.96. The van der Waals surface area contributed by atoms with Gasteiger partial charge in [-0.1, -0.05) is 47.6 Å². The maximum Gasteiger partial charge on any atom is 0.211 e. The molecule has 1 rings (SSSR count). The van der Waals surface area contributed by atoms with E-state index < -0.39 is 0 Å². The average Bonchev–Trinajstić information content (AvgIpc) is 2.27. The Kier molecular flexibility index (Phi) is 4.66. The molecule has 0 aromatic heterocycles. The summed E-state index contributed by atoms with van der Waals surface area (Å²) in [4.78, 5) is 0. The van der Waals surface area contributed by atoms with Gasteiger partial charge < -0.3 is 16.6 Å². The molecule has 5 heteroatoms. The molecule has 1 aromatic carbocycles. The van der Waals surface area contributed by atoms with Crippen LogP contribution in [0.3, 0.4) is 0 Å². The van der Waals surface area contributed by atoms with E-state index in [1.807, 2.05) is 12.1 Å². The summed E-state index contributed by atoms with van der Waals surface area (Å²) >= 11 is 0. The smallest absolute Gasteiger partial charge is 0.211 e. The lowest BCUT2D eigenvalue weighted by atomic mass is 9.79. The highest BCUT2D eigenvalue weighted by Gasteiger charge is 2.24. The molecule has 0 bridgehead atoms. The maximum atomic E-state index is 10.5. The second-order valence-electron chi connectivity index (χ2n) is 7.23. The Morgan fingerprint density at radius 1 is 1.05 bits per heavy atom. The quantitative estimate of drug-likeness (QED) is 0.443. The van der Waals surface area contributed by atoms with Gasteiger partial charge in [-0.3, -0.25) is 0 Å². The Balaban J connectivity index is 3.49. The molecule has 116 valence electrons. The molecule has 5 N–H and O–H groups in total. The lowest BCUT2D eigenvalue weighted by Crippen LogP contribution is -2.21. The second kappa shape index (κ2) is 5.76. The van der Waals surface area contributed by atoms with E-state index in [1.165, 1.54) is 6.21 Å². The van der Waals surface area contributed by atoms with Gasteiger partial charge in [-0.25, -0.2) is 0 Å². The van der Waals surface area contributed by atoms with Gasteiger partial charge in [0.1, 0.15) is 5.75 Å².